The highest BCUT2D eigenvalue weighted by atomic mass is 16.3. The Labute approximate surface area is 114 Å². The molecule has 1 aliphatic heterocycles. The fourth-order valence-electron chi connectivity index (χ4n) is 1.92. The summed E-state index contributed by atoms with van der Waals surface area (Å²) in [6, 6.07) is 1.96. The number of nitrogens with one attached hydrogen (secondary N) is 1. The number of aliphatic hydroxyl groups is 1. The van der Waals surface area contributed by atoms with Gasteiger partial charge in [0.1, 0.15) is 11.6 Å². The van der Waals surface area contributed by atoms with Crippen LogP contribution in [0.5, 0.6) is 0 Å². The average molecular weight is 266 g/mol. The van der Waals surface area contributed by atoms with E-state index in [1.165, 1.54) is 0 Å². The van der Waals surface area contributed by atoms with E-state index in [0.717, 1.165) is 26.2 Å². The van der Waals surface area contributed by atoms with Gasteiger partial charge in [-0.2, -0.15) is 5.26 Å². The Hall–Kier alpha value is -1.58. The van der Waals surface area contributed by atoms with Gasteiger partial charge in [0.15, 0.2) is 0 Å². The summed E-state index contributed by atoms with van der Waals surface area (Å²) in [5.74, 6) is -0.324. The number of carbonyl (C=O) groups is 1. The second-order valence-corrected chi connectivity index (χ2v) is 4.88. The summed E-state index contributed by atoms with van der Waals surface area (Å²) in [5.41, 5.74) is 0.143. The van der Waals surface area contributed by atoms with Gasteiger partial charge in [-0.1, -0.05) is 0 Å². The Balaban J connectivity index is 2.54. The first kappa shape index (κ1) is 15.5. The quantitative estimate of drug-likeness (QED) is 0.519. The Morgan fingerprint density at radius 3 is 2.53 bits per heavy atom. The molecule has 0 bridgehead atoms. The number of rotatable bonds is 5. The SMILES string of the molecule is CC(C)NC(=O)/C(C#N)=C\N1CCN(CCO)CC1. The lowest BCUT2D eigenvalue weighted by Crippen LogP contribution is -2.45. The third kappa shape index (κ3) is 5.28. The van der Waals surface area contributed by atoms with E-state index < -0.39 is 0 Å². The van der Waals surface area contributed by atoms with E-state index in [4.69, 9.17) is 10.4 Å². The van der Waals surface area contributed by atoms with Gasteiger partial charge in [-0.3, -0.25) is 9.69 Å². The maximum atomic E-state index is 11.8. The molecule has 0 atom stereocenters. The van der Waals surface area contributed by atoms with Crippen LogP contribution < -0.4 is 5.32 Å². The van der Waals surface area contributed by atoms with Crippen molar-refractivity contribution in [2.45, 2.75) is 19.9 Å². The van der Waals surface area contributed by atoms with E-state index in [1.54, 1.807) is 6.20 Å². The van der Waals surface area contributed by atoms with Crippen LogP contribution in [0.1, 0.15) is 13.8 Å². The molecule has 19 heavy (non-hydrogen) atoms. The van der Waals surface area contributed by atoms with Crippen LogP contribution in [0.2, 0.25) is 0 Å². The lowest BCUT2D eigenvalue weighted by Gasteiger charge is -2.33. The number of β-amino-alcohol motifs (C(OH)–C–C–N with tert-alkyl or cyclic N) is 1. The molecule has 0 spiro atoms. The lowest BCUT2D eigenvalue weighted by atomic mass is 10.2. The van der Waals surface area contributed by atoms with Crippen LogP contribution >= 0.6 is 0 Å². The molecular weight excluding hydrogens is 244 g/mol. The number of carbonyl (C=O) groups excluding carboxylic acids is 1. The van der Waals surface area contributed by atoms with E-state index in [0.29, 0.717) is 6.54 Å². The van der Waals surface area contributed by atoms with Gasteiger partial charge in [0, 0.05) is 45.0 Å². The summed E-state index contributed by atoms with van der Waals surface area (Å²) in [7, 11) is 0. The van der Waals surface area contributed by atoms with Crippen LogP contribution in [0.25, 0.3) is 0 Å². The molecule has 0 aromatic heterocycles. The molecule has 106 valence electrons. The normalized spacial score (nSPS) is 17.4. The molecule has 0 radical (unpaired) electrons. The Morgan fingerprint density at radius 2 is 2.05 bits per heavy atom. The predicted molar refractivity (Wildman–Crippen MR) is 72.1 cm³/mol. The first-order valence-electron chi connectivity index (χ1n) is 6.57. The fraction of sp³-hybridized carbons (Fsp3) is 0.692. The number of hydrogen-bond acceptors (Lipinski definition) is 5. The lowest BCUT2D eigenvalue weighted by molar-refractivity contribution is -0.117. The number of aliphatic hydroxyl groups excluding tert-OH is 1. The van der Waals surface area contributed by atoms with Crippen LogP contribution in [0.3, 0.4) is 0 Å². The van der Waals surface area contributed by atoms with Crippen LogP contribution in [0, 0.1) is 11.3 Å². The number of piperazine rings is 1. The maximum absolute atomic E-state index is 11.8. The molecule has 1 aliphatic rings. The van der Waals surface area contributed by atoms with Crippen molar-refractivity contribution in [1.82, 2.24) is 15.1 Å². The van der Waals surface area contributed by atoms with Crippen LogP contribution in [-0.4, -0.2) is 66.2 Å². The second kappa shape index (κ2) is 7.77. The zero-order chi connectivity index (χ0) is 14.3. The smallest absolute Gasteiger partial charge is 0.263 e. The molecule has 2 N–H and O–H groups in total. The maximum Gasteiger partial charge on any atom is 0.263 e. The summed E-state index contributed by atoms with van der Waals surface area (Å²) in [6.07, 6.45) is 1.63. The van der Waals surface area contributed by atoms with Crippen LogP contribution in [0.15, 0.2) is 11.8 Å². The molecule has 0 aliphatic carbocycles. The van der Waals surface area contributed by atoms with Crippen molar-refractivity contribution in [2.24, 2.45) is 0 Å². The number of hydrogen-bond donors (Lipinski definition) is 2. The van der Waals surface area contributed by atoms with Crippen molar-refractivity contribution in [3.8, 4) is 6.07 Å². The molecule has 0 aromatic carbocycles. The molecule has 6 nitrogen and oxygen atoms in total. The van der Waals surface area contributed by atoms with Gasteiger partial charge >= 0.3 is 0 Å². The highest BCUT2D eigenvalue weighted by Gasteiger charge is 2.17. The molecule has 1 amide bonds. The van der Waals surface area contributed by atoms with Crippen molar-refractivity contribution in [1.29, 1.82) is 5.26 Å². The number of nitrogens with zero attached hydrogens (tertiary/aromatic N) is 3. The molecule has 1 heterocycles. The monoisotopic (exact) mass is 266 g/mol. The summed E-state index contributed by atoms with van der Waals surface area (Å²) in [6.45, 7) is 7.76. The molecule has 0 saturated carbocycles. The highest BCUT2D eigenvalue weighted by molar-refractivity contribution is 5.97. The van der Waals surface area contributed by atoms with Gasteiger partial charge in [-0.05, 0) is 13.8 Å². The second-order valence-electron chi connectivity index (χ2n) is 4.88. The topological polar surface area (TPSA) is 79.6 Å². The van der Waals surface area contributed by atoms with Crippen molar-refractivity contribution in [3.63, 3.8) is 0 Å². The van der Waals surface area contributed by atoms with E-state index in [1.807, 2.05) is 24.8 Å². The van der Waals surface area contributed by atoms with Crippen molar-refractivity contribution in [3.05, 3.63) is 11.8 Å². The third-order valence-electron chi connectivity index (χ3n) is 2.92. The molecule has 1 rings (SSSR count). The summed E-state index contributed by atoms with van der Waals surface area (Å²) < 4.78 is 0. The van der Waals surface area contributed by atoms with Gasteiger partial charge in [-0.15, -0.1) is 0 Å². The molecular formula is C13H22N4O2. The van der Waals surface area contributed by atoms with E-state index in [-0.39, 0.29) is 24.1 Å². The van der Waals surface area contributed by atoms with E-state index in [2.05, 4.69) is 10.2 Å². The molecule has 6 heteroatoms. The molecule has 1 fully saturated rings. The molecule has 1 saturated heterocycles. The first-order chi connectivity index (χ1) is 9.06. The number of nitriles is 1. The van der Waals surface area contributed by atoms with Crippen molar-refractivity contribution >= 4 is 5.91 Å². The zero-order valence-electron chi connectivity index (χ0n) is 11.6. The molecule has 0 unspecified atom stereocenters. The van der Waals surface area contributed by atoms with Gasteiger partial charge in [0.2, 0.25) is 0 Å². The van der Waals surface area contributed by atoms with E-state index in [9.17, 15) is 4.79 Å². The fourth-order valence-corrected chi connectivity index (χ4v) is 1.92. The van der Waals surface area contributed by atoms with E-state index >= 15 is 0 Å². The summed E-state index contributed by atoms with van der Waals surface area (Å²) in [4.78, 5) is 15.9. The average Bonchev–Trinajstić information content (AvgIpc) is 2.37. The first-order valence-corrected chi connectivity index (χ1v) is 6.57. The standard InChI is InChI=1S/C13H22N4O2/c1-11(2)15-13(19)12(9-14)10-17-5-3-16(4-6-17)7-8-18/h10-11,18H,3-8H2,1-2H3,(H,15,19)/b12-10-. The minimum Gasteiger partial charge on any atom is -0.395 e. The van der Waals surface area contributed by atoms with Gasteiger partial charge in [0.25, 0.3) is 5.91 Å². The Kier molecular flexibility index (Phi) is 6.33. The Bertz CT molecular complexity index is 365. The van der Waals surface area contributed by atoms with Crippen LogP contribution in [0.4, 0.5) is 0 Å². The summed E-state index contributed by atoms with van der Waals surface area (Å²) >= 11 is 0. The van der Waals surface area contributed by atoms with Crippen molar-refractivity contribution in [2.75, 3.05) is 39.3 Å². The minimum atomic E-state index is -0.324. The molecule has 0 aromatic rings. The van der Waals surface area contributed by atoms with Gasteiger partial charge in [0.05, 0.1) is 6.61 Å². The minimum absolute atomic E-state index is 0.0191. The Morgan fingerprint density at radius 1 is 1.42 bits per heavy atom. The largest absolute Gasteiger partial charge is 0.395 e. The van der Waals surface area contributed by atoms with Gasteiger partial charge < -0.3 is 15.3 Å². The third-order valence-corrected chi connectivity index (χ3v) is 2.92. The highest BCUT2D eigenvalue weighted by Crippen LogP contribution is 2.05. The zero-order valence-corrected chi connectivity index (χ0v) is 11.6. The predicted octanol–water partition coefficient (Wildman–Crippen LogP) is -0.472. The van der Waals surface area contributed by atoms with Crippen molar-refractivity contribution < 1.29 is 9.90 Å². The number of amides is 1. The van der Waals surface area contributed by atoms with Crippen LogP contribution in [-0.2, 0) is 4.79 Å². The summed E-state index contributed by atoms with van der Waals surface area (Å²) in [5, 5.41) is 20.6. The van der Waals surface area contributed by atoms with Gasteiger partial charge in [-0.25, -0.2) is 0 Å².